The van der Waals surface area contributed by atoms with Crippen molar-refractivity contribution in [3.63, 3.8) is 0 Å². The van der Waals surface area contributed by atoms with Crippen LogP contribution >= 0.6 is 0 Å². The van der Waals surface area contributed by atoms with Crippen LogP contribution in [0.2, 0.25) is 0 Å². The van der Waals surface area contributed by atoms with Crippen molar-refractivity contribution in [3.8, 4) is 0 Å². The highest BCUT2D eigenvalue weighted by atomic mass is 19.1. The molecule has 0 saturated carbocycles. The number of fused-ring (bicyclic) bond motifs is 1. The van der Waals surface area contributed by atoms with E-state index >= 15 is 0 Å². The van der Waals surface area contributed by atoms with Crippen LogP contribution in [0.15, 0.2) is 53.5 Å². The van der Waals surface area contributed by atoms with Gasteiger partial charge in [0.1, 0.15) is 5.82 Å². The maximum atomic E-state index is 12.9. The number of rotatable bonds is 5. The van der Waals surface area contributed by atoms with Crippen LogP contribution in [0.4, 0.5) is 4.39 Å². The van der Waals surface area contributed by atoms with Gasteiger partial charge in [-0.2, -0.15) is 0 Å². The minimum absolute atomic E-state index is 0.134. The normalized spacial score (nSPS) is 11.4. The number of hydrogen-bond acceptors (Lipinski definition) is 3. The molecule has 0 unspecified atom stereocenters. The molecule has 2 aromatic heterocycles. The van der Waals surface area contributed by atoms with Crippen molar-refractivity contribution < 1.29 is 4.39 Å². The number of halogens is 1. The molecule has 3 aromatic rings. The highest BCUT2D eigenvalue weighted by Crippen LogP contribution is 2.05. The fourth-order valence-corrected chi connectivity index (χ4v) is 2.36. The van der Waals surface area contributed by atoms with Crippen LogP contribution in [0, 0.1) is 5.82 Å². The Kier molecular flexibility index (Phi) is 4.02. The Morgan fingerprint density at radius 3 is 2.68 bits per heavy atom. The number of aromatic nitrogens is 3. The van der Waals surface area contributed by atoms with Crippen molar-refractivity contribution in [1.82, 2.24) is 19.1 Å². The average Bonchev–Trinajstić information content (AvgIpc) is 2.84. The molecule has 0 aliphatic rings. The van der Waals surface area contributed by atoms with E-state index in [1.54, 1.807) is 30.5 Å². The average molecular weight is 300 g/mol. The fourth-order valence-electron chi connectivity index (χ4n) is 2.36. The summed E-state index contributed by atoms with van der Waals surface area (Å²) in [4.78, 5) is 14.2. The van der Waals surface area contributed by atoms with Gasteiger partial charge in [0.05, 0.1) is 6.54 Å². The molecule has 0 saturated heterocycles. The van der Waals surface area contributed by atoms with E-state index in [9.17, 15) is 9.18 Å². The van der Waals surface area contributed by atoms with E-state index in [0.29, 0.717) is 25.3 Å². The zero-order chi connectivity index (χ0) is 15.5. The Bertz CT molecular complexity index is 822. The molecule has 0 N–H and O–H groups in total. The first-order valence-electron chi connectivity index (χ1n) is 7.11. The lowest BCUT2D eigenvalue weighted by atomic mass is 10.2. The van der Waals surface area contributed by atoms with E-state index in [0.717, 1.165) is 5.56 Å². The quantitative estimate of drug-likeness (QED) is 0.721. The molecule has 2 heterocycles. The largest absolute Gasteiger partial charge is 0.350 e. The molecule has 0 spiro atoms. The summed E-state index contributed by atoms with van der Waals surface area (Å²) >= 11 is 0. The molecule has 6 heteroatoms. The van der Waals surface area contributed by atoms with E-state index < -0.39 is 0 Å². The van der Waals surface area contributed by atoms with Gasteiger partial charge in [-0.25, -0.2) is 13.9 Å². The van der Waals surface area contributed by atoms with E-state index in [-0.39, 0.29) is 11.5 Å². The van der Waals surface area contributed by atoms with Crippen molar-refractivity contribution in [2.75, 3.05) is 13.6 Å². The lowest BCUT2D eigenvalue weighted by Crippen LogP contribution is -2.28. The van der Waals surface area contributed by atoms with Crippen LogP contribution in [0.1, 0.15) is 5.56 Å². The van der Waals surface area contributed by atoms with Gasteiger partial charge in [-0.05, 0) is 36.9 Å². The second-order valence-electron chi connectivity index (χ2n) is 5.30. The standard InChI is InChI=1S/C16H17FN4O/c1-19(12-13-5-7-14(17)8-6-13)10-11-21-16(22)20-9-3-2-4-15(20)18-21/h2-9H,10-12H2,1H3. The smallest absolute Gasteiger partial charge is 0.300 e. The van der Waals surface area contributed by atoms with E-state index in [4.69, 9.17) is 0 Å². The molecule has 0 bridgehead atoms. The number of benzene rings is 1. The Labute approximate surface area is 127 Å². The topological polar surface area (TPSA) is 42.5 Å². The zero-order valence-corrected chi connectivity index (χ0v) is 12.3. The molecule has 0 radical (unpaired) electrons. The SMILES string of the molecule is CN(CCn1nc2ccccn2c1=O)Cc1ccc(F)cc1. The zero-order valence-electron chi connectivity index (χ0n) is 12.3. The van der Waals surface area contributed by atoms with Gasteiger partial charge in [-0.1, -0.05) is 18.2 Å². The predicted molar refractivity (Wildman–Crippen MR) is 82.2 cm³/mol. The molecule has 0 aliphatic carbocycles. The second kappa shape index (κ2) is 6.11. The third-order valence-corrected chi connectivity index (χ3v) is 3.55. The highest BCUT2D eigenvalue weighted by molar-refractivity contribution is 5.35. The summed E-state index contributed by atoms with van der Waals surface area (Å²) in [6.45, 7) is 1.89. The summed E-state index contributed by atoms with van der Waals surface area (Å²) < 4.78 is 15.9. The van der Waals surface area contributed by atoms with Crippen LogP contribution in [0.5, 0.6) is 0 Å². The number of nitrogens with zero attached hydrogens (tertiary/aromatic N) is 4. The molecule has 0 fully saturated rings. The van der Waals surface area contributed by atoms with Gasteiger partial charge in [-0.3, -0.25) is 4.40 Å². The van der Waals surface area contributed by atoms with Gasteiger partial charge in [-0.15, -0.1) is 5.10 Å². The molecule has 114 valence electrons. The molecular weight excluding hydrogens is 283 g/mol. The molecule has 1 aromatic carbocycles. The third-order valence-electron chi connectivity index (χ3n) is 3.55. The predicted octanol–water partition coefficient (Wildman–Crippen LogP) is 1.77. The Balaban J connectivity index is 1.64. The van der Waals surface area contributed by atoms with Crippen molar-refractivity contribution in [1.29, 1.82) is 0 Å². The van der Waals surface area contributed by atoms with Gasteiger partial charge >= 0.3 is 5.69 Å². The van der Waals surface area contributed by atoms with Crippen molar-refractivity contribution >= 4 is 5.65 Å². The van der Waals surface area contributed by atoms with Crippen LogP contribution in [0.25, 0.3) is 5.65 Å². The first-order valence-corrected chi connectivity index (χ1v) is 7.11. The molecule has 0 aliphatic heterocycles. The van der Waals surface area contributed by atoms with Crippen LogP contribution in [-0.4, -0.2) is 32.7 Å². The minimum Gasteiger partial charge on any atom is -0.300 e. The lowest BCUT2D eigenvalue weighted by molar-refractivity contribution is 0.303. The monoisotopic (exact) mass is 300 g/mol. The Morgan fingerprint density at radius 1 is 1.18 bits per heavy atom. The Morgan fingerprint density at radius 2 is 1.95 bits per heavy atom. The van der Waals surface area contributed by atoms with Gasteiger partial charge in [0.15, 0.2) is 5.65 Å². The third kappa shape index (κ3) is 3.07. The number of hydrogen-bond donors (Lipinski definition) is 0. The van der Waals surface area contributed by atoms with Crippen LogP contribution < -0.4 is 5.69 Å². The van der Waals surface area contributed by atoms with E-state index in [1.165, 1.54) is 21.2 Å². The van der Waals surface area contributed by atoms with Gasteiger partial charge in [0.25, 0.3) is 0 Å². The summed E-state index contributed by atoms with van der Waals surface area (Å²) in [5.74, 6) is -0.234. The summed E-state index contributed by atoms with van der Waals surface area (Å²) in [5, 5.41) is 4.29. The first kappa shape index (κ1) is 14.5. The van der Waals surface area contributed by atoms with Gasteiger partial charge in [0.2, 0.25) is 0 Å². The summed E-state index contributed by atoms with van der Waals surface area (Å²) in [5.41, 5.74) is 1.55. The molecule has 3 rings (SSSR count). The maximum absolute atomic E-state index is 12.9. The van der Waals surface area contributed by atoms with E-state index in [1.807, 2.05) is 13.1 Å². The summed E-state index contributed by atoms with van der Waals surface area (Å²) in [6.07, 6.45) is 1.71. The molecule has 0 atom stereocenters. The first-order chi connectivity index (χ1) is 10.6. The van der Waals surface area contributed by atoms with Crippen LogP contribution in [0.3, 0.4) is 0 Å². The van der Waals surface area contributed by atoms with Gasteiger partial charge < -0.3 is 4.90 Å². The molecule has 22 heavy (non-hydrogen) atoms. The number of pyridine rings is 1. The lowest BCUT2D eigenvalue weighted by Gasteiger charge is -2.16. The highest BCUT2D eigenvalue weighted by Gasteiger charge is 2.07. The van der Waals surface area contributed by atoms with Crippen LogP contribution in [-0.2, 0) is 13.1 Å². The van der Waals surface area contributed by atoms with Crippen molar-refractivity contribution in [3.05, 3.63) is 70.5 Å². The molecular formula is C16H17FN4O. The summed E-state index contributed by atoms with van der Waals surface area (Å²) in [6, 6.07) is 11.9. The van der Waals surface area contributed by atoms with Gasteiger partial charge in [0, 0.05) is 19.3 Å². The summed E-state index contributed by atoms with van der Waals surface area (Å²) in [7, 11) is 1.96. The second-order valence-corrected chi connectivity index (χ2v) is 5.30. The van der Waals surface area contributed by atoms with Crippen molar-refractivity contribution in [2.45, 2.75) is 13.1 Å². The fraction of sp³-hybridized carbons (Fsp3) is 0.250. The minimum atomic E-state index is -0.234. The van der Waals surface area contributed by atoms with Crippen molar-refractivity contribution in [2.24, 2.45) is 0 Å². The maximum Gasteiger partial charge on any atom is 0.350 e. The molecule has 5 nitrogen and oxygen atoms in total. The number of likely N-dealkylation sites (N-methyl/N-ethyl adjacent to an activating group) is 1. The Hall–Kier alpha value is -2.47. The van der Waals surface area contributed by atoms with E-state index in [2.05, 4.69) is 10.00 Å². The molecule has 0 amide bonds.